The molecule has 0 unspecified atom stereocenters. The number of nitrogens with zero attached hydrogens (tertiary/aromatic N) is 4. The highest BCUT2D eigenvalue weighted by atomic mass is 19.1. The van der Waals surface area contributed by atoms with Gasteiger partial charge in [0.15, 0.2) is 0 Å². The van der Waals surface area contributed by atoms with Crippen molar-refractivity contribution in [3.8, 4) is 5.95 Å². The molecule has 0 N–H and O–H groups in total. The van der Waals surface area contributed by atoms with Gasteiger partial charge in [0.25, 0.3) is 0 Å². The number of rotatable bonds is 2. The number of imidazole rings is 2. The second kappa shape index (κ2) is 4.38. The molecule has 4 nitrogen and oxygen atoms in total. The van der Waals surface area contributed by atoms with Gasteiger partial charge in [0.1, 0.15) is 18.0 Å². The summed E-state index contributed by atoms with van der Waals surface area (Å²) in [6.07, 6.45) is 3.74. The SMILES string of the molecule is Fc1ccc2c(c1)ncn2-c1nc2ccc(F)cc2n1C1CC1. The van der Waals surface area contributed by atoms with Gasteiger partial charge in [0.2, 0.25) is 5.95 Å². The molecule has 114 valence electrons. The smallest absolute Gasteiger partial charge is 0.216 e. The van der Waals surface area contributed by atoms with Gasteiger partial charge in [0, 0.05) is 12.1 Å². The highest BCUT2D eigenvalue weighted by Crippen LogP contribution is 2.40. The van der Waals surface area contributed by atoms with Crippen molar-refractivity contribution in [3.05, 3.63) is 54.4 Å². The van der Waals surface area contributed by atoms with Gasteiger partial charge in [-0.15, -0.1) is 0 Å². The van der Waals surface area contributed by atoms with Gasteiger partial charge in [-0.2, -0.15) is 0 Å². The first-order chi connectivity index (χ1) is 11.2. The van der Waals surface area contributed by atoms with Crippen LogP contribution in [0.1, 0.15) is 18.9 Å². The molecule has 0 atom stereocenters. The van der Waals surface area contributed by atoms with E-state index in [0.717, 1.165) is 29.4 Å². The van der Waals surface area contributed by atoms with E-state index in [9.17, 15) is 8.78 Å². The van der Waals surface area contributed by atoms with Gasteiger partial charge in [-0.1, -0.05) is 0 Å². The van der Waals surface area contributed by atoms with Crippen LogP contribution < -0.4 is 0 Å². The van der Waals surface area contributed by atoms with Gasteiger partial charge < -0.3 is 4.57 Å². The van der Waals surface area contributed by atoms with E-state index in [1.807, 2.05) is 4.57 Å². The van der Waals surface area contributed by atoms with Crippen LogP contribution in [0.4, 0.5) is 8.78 Å². The summed E-state index contributed by atoms with van der Waals surface area (Å²) in [5.74, 6) is 0.103. The van der Waals surface area contributed by atoms with Crippen LogP contribution in [0, 0.1) is 11.6 Å². The molecule has 1 saturated carbocycles. The zero-order chi connectivity index (χ0) is 15.6. The summed E-state index contributed by atoms with van der Waals surface area (Å²) in [7, 11) is 0. The third-order valence-corrected chi connectivity index (χ3v) is 4.27. The summed E-state index contributed by atoms with van der Waals surface area (Å²) in [5.41, 5.74) is 2.89. The van der Waals surface area contributed by atoms with E-state index < -0.39 is 0 Å². The molecule has 23 heavy (non-hydrogen) atoms. The van der Waals surface area contributed by atoms with Crippen molar-refractivity contribution < 1.29 is 8.78 Å². The molecule has 0 bridgehead atoms. The Morgan fingerprint density at radius 1 is 0.913 bits per heavy atom. The van der Waals surface area contributed by atoms with Crippen molar-refractivity contribution in [1.29, 1.82) is 0 Å². The maximum atomic E-state index is 13.6. The van der Waals surface area contributed by atoms with Crippen molar-refractivity contribution in [2.75, 3.05) is 0 Å². The molecule has 2 aromatic carbocycles. The van der Waals surface area contributed by atoms with Crippen molar-refractivity contribution in [3.63, 3.8) is 0 Å². The zero-order valence-electron chi connectivity index (χ0n) is 12.1. The summed E-state index contributed by atoms with van der Waals surface area (Å²) < 4.78 is 30.9. The lowest BCUT2D eigenvalue weighted by Gasteiger charge is -2.08. The average Bonchev–Trinajstić information content (AvgIpc) is 3.18. The van der Waals surface area contributed by atoms with E-state index in [4.69, 9.17) is 0 Å². The lowest BCUT2D eigenvalue weighted by atomic mass is 10.3. The molecule has 0 spiro atoms. The highest BCUT2D eigenvalue weighted by molar-refractivity contribution is 5.81. The van der Waals surface area contributed by atoms with E-state index in [1.165, 1.54) is 24.3 Å². The monoisotopic (exact) mass is 310 g/mol. The molecule has 1 aliphatic rings. The molecule has 0 aliphatic heterocycles. The van der Waals surface area contributed by atoms with Crippen LogP contribution in [0.25, 0.3) is 28.0 Å². The molecule has 0 radical (unpaired) electrons. The summed E-state index contributed by atoms with van der Waals surface area (Å²) in [4.78, 5) is 8.92. The topological polar surface area (TPSA) is 35.6 Å². The minimum atomic E-state index is -0.319. The molecule has 0 amide bonds. The Bertz CT molecular complexity index is 1060. The van der Waals surface area contributed by atoms with Crippen LogP contribution in [-0.2, 0) is 0 Å². The quantitative estimate of drug-likeness (QED) is 0.561. The molecule has 2 heterocycles. The summed E-state index contributed by atoms with van der Waals surface area (Å²) in [6, 6.07) is 9.44. The minimum Gasteiger partial charge on any atom is -0.306 e. The molecule has 2 aromatic heterocycles. The van der Waals surface area contributed by atoms with Crippen LogP contribution in [0.5, 0.6) is 0 Å². The number of fused-ring (bicyclic) bond motifs is 2. The summed E-state index contributed by atoms with van der Waals surface area (Å²) in [5, 5.41) is 0. The molecular formula is C17H12F2N4. The Morgan fingerprint density at radius 2 is 1.70 bits per heavy atom. The Balaban J connectivity index is 1.83. The zero-order valence-corrected chi connectivity index (χ0v) is 12.1. The standard InChI is InChI=1S/C17H12F2N4/c18-10-2-6-15-14(7-10)20-9-22(15)17-21-13-5-1-11(19)8-16(13)23(17)12-3-4-12/h1-2,5-9,12H,3-4H2. The molecule has 1 aliphatic carbocycles. The molecule has 1 fully saturated rings. The third kappa shape index (κ3) is 1.87. The van der Waals surface area contributed by atoms with Gasteiger partial charge in [-0.3, -0.25) is 4.57 Å². The van der Waals surface area contributed by atoms with Gasteiger partial charge >= 0.3 is 0 Å². The fraction of sp³-hybridized carbons (Fsp3) is 0.176. The van der Waals surface area contributed by atoms with Gasteiger partial charge in [-0.05, 0) is 43.2 Å². The average molecular weight is 310 g/mol. The number of halogens is 2. The minimum absolute atomic E-state index is 0.275. The van der Waals surface area contributed by atoms with E-state index in [-0.39, 0.29) is 11.6 Å². The van der Waals surface area contributed by atoms with Gasteiger partial charge in [-0.25, -0.2) is 18.7 Å². The van der Waals surface area contributed by atoms with Crippen molar-refractivity contribution in [2.24, 2.45) is 0 Å². The highest BCUT2D eigenvalue weighted by Gasteiger charge is 2.29. The first-order valence-corrected chi connectivity index (χ1v) is 7.51. The lowest BCUT2D eigenvalue weighted by Crippen LogP contribution is -2.04. The first kappa shape index (κ1) is 12.8. The fourth-order valence-electron chi connectivity index (χ4n) is 3.06. The van der Waals surface area contributed by atoms with E-state index in [0.29, 0.717) is 17.5 Å². The van der Waals surface area contributed by atoms with Crippen LogP contribution in [0.3, 0.4) is 0 Å². The Morgan fingerprint density at radius 3 is 2.52 bits per heavy atom. The third-order valence-electron chi connectivity index (χ3n) is 4.27. The van der Waals surface area contributed by atoms with E-state index in [2.05, 4.69) is 14.5 Å². The molecule has 5 rings (SSSR count). The lowest BCUT2D eigenvalue weighted by molar-refractivity contribution is 0.627. The van der Waals surface area contributed by atoms with Crippen LogP contribution in [0.15, 0.2) is 42.7 Å². The van der Waals surface area contributed by atoms with Crippen molar-refractivity contribution in [1.82, 2.24) is 19.1 Å². The number of hydrogen-bond donors (Lipinski definition) is 0. The Hall–Kier alpha value is -2.76. The van der Waals surface area contributed by atoms with E-state index >= 15 is 0 Å². The summed E-state index contributed by atoms with van der Waals surface area (Å²) >= 11 is 0. The predicted octanol–water partition coefficient (Wildman–Crippen LogP) is 3.99. The van der Waals surface area contributed by atoms with E-state index in [1.54, 1.807) is 18.5 Å². The summed E-state index contributed by atoms with van der Waals surface area (Å²) in [6.45, 7) is 0. The number of hydrogen-bond acceptors (Lipinski definition) is 2. The van der Waals surface area contributed by atoms with Crippen LogP contribution in [-0.4, -0.2) is 19.1 Å². The largest absolute Gasteiger partial charge is 0.306 e. The predicted molar refractivity (Wildman–Crippen MR) is 82.5 cm³/mol. The fourth-order valence-corrected chi connectivity index (χ4v) is 3.06. The van der Waals surface area contributed by atoms with Crippen LogP contribution >= 0.6 is 0 Å². The Kier molecular flexibility index (Phi) is 2.43. The van der Waals surface area contributed by atoms with Gasteiger partial charge in [0.05, 0.1) is 22.1 Å². The van der Waals surface area contributed by atoms with Crippen molar-refractivity contribution in [2.45, 2.75) is 18.9 Å². The molecule has 4 aromatic rings. The normalized spacial score (nSPS) is 14.9. The second-order valence-electron chi connectivity index (χ2n) is 5.89. The Labute approximate surface area is 130 Å². The maximum absolute atomic E-state index is 13.6. The molecule has 0 saturated heterocycles. The molecule has 6 heteroatoms. The maximum Gasteiger partial charge on any atom is 0.216 e. The second-order valence-corrected chi connectivity index (χ2v) is 5.89. The first-order valence-electron chi connectivity index (χ1n) is 7.51. The van der Waals surface area contributed by atoms with Crippen LogP contribution in [0.2, 0.25) is 0 Å². The number of benzene rings is 2. The van der Waals surface area contributed by atoms with Crippen molar-refractivity contribution >= 4 is 22.1 Å². The molecular weight excluding hydrogens is 298 g/mol. The number of aromatic nitrogens is 4.